The fourth-order valence-electron chi connectivity index (χ4n) is 1.76. The van der Waals surface area contributed by atoms with Crippen LogP contribution in [0.4, 0.5) is 5.69 Å². The summed E-state index contributed by atoms with van der Waals surface area (Å²) in [5, 5.41) is 0. The number of nitrogens with zero attached hydrogens (tertiary/aromatic N) is 1. The third-order valence-corrected chi connectivity index (χ3v) is 3.38. The minimum atomic E-state index is 0.189. The van der Waals surface area contributed by atoms with Crippen LogP contribution in [0, 0.1) is 0 Å². The van der Waals surface area contributed by atoms with E-state index in [1.807, 2.05) is 24.3 Å². The molecule has 1 saturated heterocycles. The number of ether oxygens (including phenoxy) is 1. The zero-order chi connectivity index (χ0) is 11.4. The zero-order valence-corrected chi connectivity index (χ0v) is 11.1. The van der Waals surface area contributed by atoms with E-state index in [4.69, 9.17) is 4.74 Å². The molecule has 86 valence electrons. The summed E-state index contributed by atoms with van der Waals surface area (Å²) in [5.74, 6) is 0.189. The first-order valence-electron chi connectivity index (χ1n) is 5.33. The SMILES string of the molecule is O=C(CI)c1ccc(N2CCOCC2)cc1. The summed E-state index contributed by atoms with van der Waals surface area (Å²) in [4.78, 5) is 13.7. The summed E-state index contributed by atoms with van der Waals surface area (Å²) in [6.45, 7) is 3.43. The van der Waals surface area contributed by atoms with Crippen molar-refractivity contribution in [3.63, 3.8) is 0 Å². The van der Waals surface area contributed by atoms with Crippen molar-refractivity contribution in [3.05, 3.63) is 29.8 Å². The number of halogens is 1. The lowest BCUT2D eigenvalue weighted by molar-refractivity contribution is 0.102. The average Bonchev–Trinajstić information content (AvgIpc) is 2.39. The van der Waals surface area contributed by atoms with Crippen LogP contribution >= 0.6 is 22.6 Å². The second kappa shape index (κ2) is 5.63. The van der Waals surface area contributed by atoms with Crippen molar-refractivity contribution in [1.82, 2.24) is 0 Å². The summed E-state index contributed by atoms with van der Waals surface area (Å²) < 4.78 is 5.84. The molecule has 0 unspecified atom stereocenters. The van der Waals surface area contributed by atoms with Gasteiger partial charge in [0.15, 0.2) is 5.78 Å². The van der Waals surface area contributed by atoms with Crippen molar-refractivity contribution in [1.29, 1.82) is 0 Å². The lowest BCUT2D eigenvalue weighted by atomic mass is 10.1. The number of Topliss-reactive ketones (excluding diaryl/α,β-unsaturated/α-hetero) is 1. The number of hydrogen-bond donors (Lipinski definition) is 0. The van der Waals surface area contributed by atoms with Gasteiger partial charge >= 0.3 is 0 Å². The van der Waals surface area contributed by atoms with E-state index >= 15 is 0 Å². The lowest BCUT2D eigenvalue weighted by Gasteiger charge is -2.28. The normalized spacial score (nSPS) is 16.2. The number of morpholine rings is 1. The van der Waals surface area contributed by atoms with Gasteiger partial charge in [0, 0.05) is 24.3 Å². The van der Waals surface area contributed by atoms with Gasteiger partial charge in [0.05, 0.1) is 17.6 Å². The Morgan fingerprint density at radius 1 is 1.25 bits per heavy atom. The highest BCUT2D eigenvalue weighted by Crippen LogP contribution is 2.17. The topological polar surface area (TPSA) is 29.5 Å². The van der Waals surface area contributed by atoms with Gasteiger partial charge < -0.3 is 9.64 Å². The summed E-state index contributed by atoms with van der Waals surface area (Å²) in [5.41, 5.74) is 1.97. The molecular weight excluding hydrogens is 317 g/mol. The van der Waals surface area contributed by atoms with E-state index in [-0.39, 0.29) is 5.78 Å². The van der Waals surface area contributed by atoms with Crippen LogP contribution < -0.4 is 4.90 Å². The standard InChI is InChI=1S/C12H14INO2/c13-9-12(15)10-1-3-11(4-2-10)14-5-7-16-8-6-14/h1-4H,5-9H2. The van der Waals surface area contributed by atoms with Crippen LogP contribution in [0.15, 0.2) is 24.3 Å². The Labute approximate surface area is 109 Å². The predicted molar refractivity (Wildman–Crippen MR) is 72.7 cm³/mol. The maximum absolute atomic E-state index is 11.5. The fourth-order valence-corrected chi connectivity index (χ4v) is 2.20. The maximum Gasteiger partial charge on any atom is 0.172 e. The average molecular weight is 331 g/mol. The number of rotatable bonds is 3. The molecule has 0 radical (unpaired) electrons. The molecule has 0 N–H and O–H groups in total. The lowest BCUT2D eigenvalue weighted by Crippen LogP contribution is -2.36. The highest BCUT2D eigenvalue weighted by Gasteiger charge is 2.11. The van der Waals surface area contributed by atoms with Crippen LogP contribution in [0.25, 0.3) is 0 Å². The quantitative estimate of drug-likeness (QED) is 0.483. The van der Waals surface area contributed by atoms with E-state index in [0.29, 0.717) is 4.43 Å². The van der Waals surface area contributed by atoms with Gasteiger partial charge in [-0.3, -0.25) is 4.79 Å². The van der Waals surface area contributed by atoms with Crippen molar-refractivity contribution >= 4 is 34.1 Å². The smallest absolute Gasteiger partial charge is 0.172 e. The molecule has 1 aromatic rings. The Morgan fingerprint density at radius 2 is 1.88 bits per heavy atom. The third kappa shape index (κ3) is 2.74. The minimum absolute atomic E-state index is 0.189. The van der Waals surface area contributed by atoms with Gasteiger partial charge in [0.2, 0.25) is 0 Å². The van der Waals surface area contributed by atoms with E-state index in [2.05, 4.69) is 27.5 Å². The monoisotopic (exact) mass is 331 g/mol. The van der Waals surface area contributed by atoms with E-state index in [9.17, 15) is 4.79 Å². The van der Waals surface area contributed by atoms with E-state index in [1.54, 1.807) is 0 Å². The number of carbonyl (C=O) groups is 1. The van der Waals surface area contributed by atoms with Crippen LogP contribution in [0.2, 0.25) is 0 Å². The Bertz CT molecular complexity index is 358. The second-order valence-corrected chi connectivity index (χ2v) is 4.47. The predicted octanol–water partition coefficient (Wildman–Crippen LogP) is 2.14. The minimum Gasteiger partial charge on any atom is -0.378 e. The van der Waals surface area contributed by atoms with Crippen LogP contribution in [0.3, 0.4) is 0 Å². The molecule has 3 nitrogen and oxygen atoms in total. The number of benzene rings is 1. The molecule has 0 aliphatic carbocycles. The number of ketones is 1. The molecule has 1 aliphatic rings. The molecule has 0 saturated carbocycles. The Kier molecular flexibility index (Phi) is 4.17. The number of carbonyl (C=O) groups excluding carboxylic acids is 1. The highest BCUT2D eigenvalue weighted by molar-refractivity contribution is 14.1. The van der Waals surface area contributed by atoms with E-state index in [1.165, 1.54) is 5.69 Å². The first-order valence-corrected chi connectivity index (χ1v) is 6.86. The summed E-state index contributed by atoms with van der Waals surface area (Å²) in [6, 6.07) is 7.85. The molecule has 1 aromatic carbocycles. The molecule has 2 rings (SSSR count). The third-order valence-electron chi connectivity index (χ3n) is 2.69. The first-order chi connectivity index (χ1) is 7.81. The molecule has 4 heteroatoms. The van der Waals surface area contributed by atoms with Gasteiger partial charge in [-0.25, -0.2) is 0 Å². The summed E-state index contributed by atoms with van der Waals surface area (Å²) in [6.07, 6.45) is 0. The second-order valence-electron chi connectivity index (χ2n) is 3.70. The van der Waals surface area contributed by atoms with Gasteiger partial charge in [0.25, 0.3) is 0 Å². The van der Waals surface area contributed by atoms with Crippen molar-refractivity contribution in [2.45, 2.75) is 0 Å². The zero-order valence-electron chi connectivity index (χ0n) is 8.99. The fraction of sp³-hybridized carbons (Fsp3) is 0.417. The van der Waals surface area contributed by atoms with E-state index < -0.39 is 0 Å². The van der Waals surface area contributed by atoms with E-state index in [0.717, 1.165) is 31.9 Å². The Morgan fingerprint density at radius 3 is 2.44 bits per heavy atom. The Balaban J connectivity index is 2.09. The largest absolute Gasteiger partial charge is 0.378 e. The van der Waals surface area contributed by atoms with Crippen molar-refractivity contribution in [2.24, 2.45) is 0 Å². The molecule has 1 heterocycles. The number of anilines is 1. The molecule has 0 atom stereocenters. The molecule has 1 fully saturated rings. The van der Waals surface area contributed by atoms with Gasteiger partial charge in [-0.15, -0.1) is 0 Å². The van der Waals surface area contributed by atoms with Gasteiger partial charge in [-0.1, -0.05) is 22.6 Å². The van der Waals surface area contributed by atoms with Crippen LogP contribution in [0.5, 0.6) is 0 Å². The highest BCUT2D eigenvalue weighted by atomic mass is 127. The summed E-state index contributed by atoms with van der Waals surface area (Å²) >= 11 is 2.09. The van der Waals surface area contributed by atoms with Crippen molar-refractivity contribution in [3.8, 4) is 0 Å². The molecular formula is C12H14INO2. The van der Waals surface area contributed by atoms with Crippen LogP contribution in [0.1, 0.15) is 10.4 Å². The van der Waals surface area contributed by atoms with Crippen LogP contribution in [-0.4, -0.2) is 36.5 Å². The van der Waals surface area contributed by atoms with Crippen molar-refractivity contribution in [2.75, 3.05) is 35.6 Å². The Hall–Kier alpha value is -0.620. The van der Waals surface area contributed by atoms with Crippen molar-refractivity contribution < 1.29 is 9.53 Å². The van der Waals surface area contributed by atoms with Gasteiger partial charge in [-0.2, -0.15) is 0 Å². The first kappa shape index (κ1) is 11.9. The molecule has 1 aliphatic heterocycles. The number of alkyl halides is 1. The molecule has 0 aromatic heterocycles. The molecule has 0 spiro atoms. The van der Waals surface area contributed by atoms with Gasteiger partial charge in [-0.05, 0) is 24.3 Å². The molecule has 0 bridgehead atoms. The van der Waals surface area contributed by atoms with Crippen LogP contribution in [-0.2, 0) is 4.74 Å². The summed E-state index contributed by atoms with van der Waals surface area (Å²) in [7, 11) is 0. The van der Waals surface area contributed by atoms with Gasteiger partial charge in [0.1, 0.15) is 0 Å². The molecule has 16 heavy (non-hydrogen) atoms. The molecule has 0 amide bonds. The number of hydrogen-bond acceptors (Lipinski definition) is 3. The maximum atomic E-state index is 11.5.